The number of hydrogen-bond donors (Lipinski definition) is 0. The van der Waals surface area contributed by atoms with Crippen LogP contribution >= 0.6 is 11.8 Å². The fourth-order valence-electron chi connectivity index (χ4n) is 3.72. The standard InChI is InChI=1S/C23H28N4O2S/c1-2-27-21-11-7-6-10-20(21)24-23(27)30-18-22(28)26-14-12-25(13-15-26)16-17-29-19-8-4-3-5-9-19/h3-11H,2,12-18H2,1H3. The Morgan fingerprint density at radius 3 is 2.53 bits per heavy atom. The van der Waals surface area contributed by atoms with Gasteiger partial charge in [0.05, 0.1) is 16.8 Å². The van der Waals surface area contributed by atoms with E-state index in [9.17, 15) is 4.79 Å². The van der Waals surface area contributed by atoms with Gasteiger partial charge in [-0.2, -0.15) is 0 Å². The summed E-state index contributed by atoms with van der Waals surface area (Å²) in [6.07, 6.45) is 0. The van der Waals surface area contributed by atoms with Crippen molar-refractivity contribution in [2.24, 2.45) is 0 Å². The lowest BCUT2D eigenvalue weighted by molar-refractivity contribution is -0.130. The molecule has 0 N–H and O–H groups in total. The molecular weight excluding hydrogens is 396 g/mol. The van der Waals surface area contributed by atoms with Crippen molar-refractivity contribution in [2.45, 2.75) is 18.6 Å². The van der Waals surface area contributed by atoms with E-state index in [4.69, 9.17) is 9.72 Å². The summed E-state index contributed by atoms with van der Waals surface area (Å²) in [4.78, 5) is 21.8. The van der Waals surface area contributed by atoms with E-state index in [-0.39, 0.29) is 5.91 Å². The molecule has 1 aliphatic heterocycles. The molecule has 0 bridgehead atoms. The molecule has 0 unspecified atom stereocenters. The summed E-state index contributed by atoms with van der Waals surface area (Å²) < 4.78 is 7.96. The van der Waals surface area contributed by atoms with Gasteiger partial charge in [-0.25, -0.2) is 4.98 Å². The Bertz CT molecular complexity index is 968. The van der Waals surface area contributed by atoms with E-state index >= 15 is 0 Å². The first-order valence-corrected chi connectivity index (χ1v) is 11.5. The molecule has 0 spiro atoms. The van der Waals surface area contributed by atoms with Crippen LogP contribution in [0, 0.1) is 0 Å². The van der Waals surface area contributed by atoms with Gasteiger partial charge in [-0.15, -0.1) is 0 Å². The zero-order valence-electron chi connectivity index (χ0n) is 17.4. The van der Waals surface area contributed by atoms with Gasteiger partial charge < -0.3 is 14.2 Å². The van der Waals surface area contributed by atoms with Crippen LogP contribution < -0.4 is 4.74 Å². The van der Waals surface area contributed by atoms with Crippen LogP contribution in [-0.4, -0.2) is 70.3 Å². The number of rotatable bonds is 8. The highest BCUT2D eigenvalue weighted by Gasteiger charge is 2.22. The third-order valence-electron chi connectivity index (χ3n) is 5.40. The van der Waals surface area contributed by atoms with Gasteiger partial charge in [0.2, 0.25) is 5.91 Å². The summed E-state index contributed by atoms with van der Waals surface area (Å²) in [6, 6.07) is 18.0. The highest BCUT2D eigenvalue weighted by Crippen LogP contribution is 2.24. The molecule has 0 radical (unpaired) electrons. The number of fused-ring (bicyclic) bond motifs is 1. The number of benzene rings is 2. The average molecular weight is 425 g/mol. The largest absolute Gasteiger partial charge is 0.492 e. The van der Waals surface area contributed by atoms with E-state index in [1.165, 1.54) is 11.8 Å². The number of nitrogens with zero attached hydrogens (tertiary/aromatic N) is 4. The molecule has 2 heterocycles. The highest BCUT2D eigenvalue weighted by atomic mass is 32.2. The maximum absolute atomic E-state index is 12.7. The number of para-hydroxylation sites is 3. The summed E-state index contributed by atoms with van der Waals surface area (Å²) in [5, 5.41) is 0.920. The van der Waals surface area contributed by atoms with Crippen molar-refractivity contribution < 1.29 is 9.53 Å². The molecule has 6 nitrogen and oxygen atoms in total. The normalized spacial score (nSPS) is 14.9. The van der Waals surface area contributed by atoms with Crippen molar-refractivity contribution in [3.8, 4) is 5.75 Å². The van der Waals surface area contributed by atoms with Crippen LogP contribution in [0.3, 0.4) is 0 Å². The third-order valence-corrected chi connectivity index (χ3v) is 6.37. The van der Waals surface area contributed by atoms with Gasteiger partial charge in [0, 0.05) is 39.3 Å². The predicted molar refractivity (Wildman–Crippen MR) is 121 cm³/mol. The zero-order valence-corrected chi connectivity index (χ0v) is 18.2. The highest BCUT2D eigenvalue weighted by molar-refractivity contribution is 7.99. The van der Waals surface area contributed by atoms with Gasteiger partial charge in [0.25, 0.3) is 0 Å². The van der Waals surface area contributed by atoms with Crippen LogP contribution in [-0.2, 0) is 11.3 Å². The van der Waals surface area contributed by atoms with Crippen LogP contribution in [0.15, 0.2) is 59.8 Å². The summed E-state index contributed by atoms with van der Waals surface area (Å²) in [7, 11) is 0. The molecule has 0 atom stereocenters. The molecule has 4 rings (SSSR count). The molecule has 1 fully saturated rings. The number of carbonyl (C=O) groups excluding carboxylic acids is 1. The SMILES string of the molecule is CCn1c(SCC(=O)N2CCN(CCOc3ccccc3)CC2)nc2ccccc21. The zero-order chi connectivity index (χ0) is 20.8. The van der Waals surface area contributed by atoms with Crippen LogP contribution in [0.25, 0.3) is 11.0 Å². The summed E-state index contributed by atoms with van der Waals surface area (Å²) >= 11 is 1.54. The summed E-state index contributed by atoms with van der Waals surface area (Å²) in [5.41, 5.74) is 2.11. The van der Waals surface area contributed by atoms with E-state index in [0.717, 1.165) is 61.2 Å². The Morgan fingerprint density at radius 1 is 1.03 bits per heavy atom. The monoisotopic (exact) mass is 424 g/mol. The molecule has 0 aliphatic carbocycles. The first kappa shape index (κ1) is 20.8. The minimum Gasteiger partial charge on any atom is -0.492 e. The van der Waals surface area contributed by atoms with Crippen molar-refractivity contribution >= 4 is 28.7 Å². The molecule has 1 saturated heterocycles. The van der Waals surface area contributed by atoms with Crippen LogP contribution in [0.1, 0.15) is 6.92 Å². The molecule has 1 aliphatic rings. The first-order chi connectivity index (χ1) is 14.7. The van der Waals surface area contributed by atoms with Crippen LogP contribution in [0.5, 0.6) is 5.75 Å². The molecule has 0 saturated carbocycles. The Hall–Kier alpha value is -2.51. The van der Waals surface area contributed by atoms with Crippen molar-refractivity contribution in [3.63, 3.8) is 0 Å². The van der Waals surface area contributed by atoms with Crippen molar-refractivity contribution in [1.82, 2.24) is 19.4 Å². The van der Waals surface area contributed by atoms with E-state index in [2.05, 4.69) is 22.5 Å². The van der Waals surface area contributed by atoms with E-state index in [1.807, 2.05) is 53.4 Å². The second-order valence-electron chi connectivity index (χ2n) is 7.30. The lowest BCUT2D eigenvalue weighted by atomic mass is 10.3. The maximum atomic E-state index is 12.7. The minimum atomic E-state index is 0.190. The fraction of sp³-hybridized carbons (Fsp3) is 0.391. The first-order valence-electron chi connectivity index (χ1n) is 10.5. The van der Waals surface area contributed by atoms with Gasteiger partial charge in [-0.1, -0.05) is 42.1 Å². The van der Waals surface area contributed by atoms with Gasteiger partial charge in [-0.3, -0.25) is 9.69 Å². The van der Waals surface area contributed by atoms with Crippen molar-refractivity contribution in [1.29, 1.82) is 0 Å². The number of imidazole rings is 1. The number of carbonyl (C=O) groups is 1. The molecule has 3 aromatic rings. The number of piperazine rings is 1. The Labute approximate surface area is 181 Å². The smallest absolute Gasteiger partial charge is 0.233 e. The Morgan fingerprint density at radius 2 is 1.77 bits per heavy atom. The Kier molecular flexibility index (Phi) is 6.92. The van der Waals surface area contributed by atoms with Crippen LogP contribution in [0.4, 0.5) is 0 Å². The topological polar surface area (TPSA) is 50.6 Å². The predicted octanol–water partition coefficient (Wildman–Crippen LogP) is 3.37. The number of amides is 1. The van der Waals surface area contributed by atoms with E-state index in [0.29, 0.717) is 12.4 Å². The lowest BCUT2D eigenvalue weighted by Gasteiger charge is -2.34. The second-order valence-corrected chi connectivity index (χ2v) is 8.24. The molecular formula is C23H28N4O2S. The van der Waals surface area contributed by atoms with Crippen LogP contribution in [0.2, 0.25) is 0 Å². The van der Waals surface area contributed by atoms with Gasteiger partial charge in [0.1, 0.15) is 12.4 Å². The third kappa shape index (κ3) is 4.96. The maximum Gasteiger partial charge on any atom is 0.233 e. The molecule has 30 heavy (non-hydrogen) atoms. The van der Waals surface area contributed by atoms with E-state index in [1.54, 1.807) is 0 Å². The minimum absolute atomic E-state index is 0.190. The number of ether oxygens (including phenoxy) is 1. The van der Waals surface area contributed by atoms with Gasteiger partial charge >= 0.3 is 0 Å². The average Bonchev–Trinajstić information content (AvgIpc) is 3.16. The van der Waals surface area contributed by atoms with Crippen molar-refractivity contribution in [2.75, 3.05) is 45.1 Å². The quantitative estimate of drug-likeness (QED) is 0.519. The molecule has 7 heteroatoms. The molecule has 158 valence electrons. The van der Waals surface area contributed by atoms with Crippen molar-refractivity contribution in [3.05, 3.63) is 54.6 Å². The Balaban J connectivity index is 1.22. The number of hydrogen-bond acceptors (Lipinski definition) is 5. The number of aromatic nitrogens is 2. The lowest BCUT2D eigenvalue weighted by Crippen LogP contribution is -2.50. The summed E-state index contributed by atoms with van der Waals surface area (Å²) in [5.74, 6) is 1.52. The molecule has 1 amide bonds. The number of aryl methyl sites for hydroxylation is 1. The summed E-state index contributed by atoms with van der Waals surface area (Å²) in [6.45, 7) is 7.84. The molecule has 2 aromatic carbocycles. The molecule has 1 aromatic heterocycles. The number of thioether (sulfide) groups is 1. The second kappa shape index (κ2) is 10.00. The van der Waals surface area contributed by atoms with Gasteiger partial charge in [-0.05, 0) is 31.2 Å². The van der Waals surface area contributed by atoms with E-state index < -0.39 is 0 Å². The van der Waals surface area contributed by atoms with Gasteiger partial charge in [0.15, 0.2) is 5.16 Å². The fourth-order valence-corrected chi connectivity index (χ4v) is 4.70.